The minimum atomic E-state index is -0.246. The van der Waals surface area contributed by atoms with E-state index in [1.807, 2.05) is 6.92 Å². The normalized spacial score (nSPS) is 31.7. The molecule has 14 heavy (non-hydrogen) atoms. The molecule has 3 atom stereocenters. The van der Waals surface area contributed by atoms with Gasteiger partial charge in [0.05, 0.1) is 12.7 Å². The summed E-state index contributed by atoms with van der Waals surface area (Å²) in [6.45, 7) is 5.11. The Bertz CT molecular complexity index is 163. The zero-order valence-corrected chi connectivity index (χ0v) is 9.32. The van der Waals surface area contributed by atoms with Crippen molar-refractivity contribution < 1.29 is 10.2 Å². The molecule has 84 valence electrons. The van der Waals surface area contributed by atoms with Crippen molar-refractivity contribution in [2.75, 3.05) is 13.2 Å². The average Bonchev–Trinajstić information content (AvgIpc) is 2.20. The maximum Gasteiger partial charge on any atom is 0.0664 e. The van der Waals surface area contributed by atoms with Gasteiger partial charge in [-0.15, -0.1) is 0 Å². The molecular weight excluding hydrogens is 178 g/mol. The van der Waals surface area contributed by atoms with E-state index in [-0.39, 0.29) is 18.8 Å². The molecule has 1 fully saturated rings. The van der Waals surface area contributed by atoms with Crippen molar-refractivity contribution >= 4 is 0 Å². The van der Waals surface area contributed by atoms with Gasteiger partial charge in [0.25, 0.3) is 0 Å². The standard InChI is InChI=1S/C11H23NO2/c1-3-11(14)7-12-9(2)5-4-6-10(12)8-13/h9-11,13-14H,3-8H2,1-2H3/t9?,10?,11-/m1/s1. The number of hydrogen-bond donors (Lipinski definition) is 2. The Hall–Kier alpha value is -0.120. The van der Waals surface area contributed by atoms with Crippen molar-refractivity contribution in [1.29, 1.82) is 0 Å². The van der Waals surface area contributed by atoms with Gasteiger partial charge in [0, 0.05) is 18.6 Å². The first-order valence-corrected chi connectivity index (χ1v) is 5.73. The van der Waals surface area contributed by atoms with Gasteiger partial charge in [-0.1, -0.05) is 13.3 Å². The van der Waals surface area contributed by atoms with E-state index in [2.05, 4.69) is 11.8 Å². The Labute approximate surface area is 86.7 Å². The van der Waals surface area contributed by atoms with E-state index in [9.17, 15) is 10.2 Å². The molecule has 1 heterocycles. The lowest BCUT2D eigenvalue weighted by Crippen LogP contribution is -2.50. The average molecular weight is 201 g/mol. The summed E-state index contributed by atoms with van der Waals surface area (Å²) in [5.74, 6) is 0. The molecule has 0 aromatic heterocycles. The lowest BCUT2D eigenvalue weighted by atomic mass is 9.96. The van der Waals surface area contributed by atoms with E-state index in [1.165, 1.54) is 12.8 Å². The van der Waals surface area contributed by atoms with Gasteiger partial charge in [0.15, 0.2) is 0 Å². The molecule has 0 saturated carbocycles. The largest absolute Gasteiger partial charge is 0.395 e. The molecule has 1 aliphatic rings. The summed E-state index contributed by atoms with van der Waals surface area (Å²) < 4.78 is 0. The smallest absolute Gasteiger partial charge is 0.0664 e. The number of aliphatic hydroxyl groups excluding tert-OH is 2. The monoisotopic (exact) mass is 201 g/mol. The van der Waals surface area contributed by atoms with E-state index in [1.54, 1.807) is 0 Å². The number of aliphatic hydroxyl groups is 2. The molecule has 0 aliphatic carbocycles. The first-order chi connectivity index (χ1) is 6.69. The van der Waals surface area contributed by atoms with Crippen LogP contribution in [-0.2, 0) is 0 Å². The SMILES string of the molecule is CC[C@@H](O)CN1C(C)CCCC1CO. The molecule has 3 nitrogen and oxygen atoms in total. The van der Waals surface area contributed by atoms with Gasteiger partial charge in [-0.3, -0.25) is 4.90 Å². The minimum Gasteiger partial charge on any atom is -0.395 e. The summed E-state index contributed by atoms with van der Waals surface area (Å²) in [6, 6.07) is 0.766. The first kappa shape index (κ1) is 12.0. The van der Waals surface area contributed by atoms with Crippen LogP contribution in [0.2, 0.25) is 0 Å². The molecule has 0 bridgehead atoms. The van der Waals surface area contributed by atoms with Gasteiger partial charge in [-0.2, -0.15) is 0 Å². The number of nitrogens with zero attached hydrogens (tertiary/aromatic N) is 1. The number of likely N-dealkylation sites (tertiary alicyclic amines) is 1. The Morgan fingerprint density at radius 1 is 1.43 bits per heavy atom. The van der Waals surface area contributed by atoms with Crippen molar-refractivity contribution in [2.45, 2.75) is 57.7 Å². The molecule has 1 saturated heterocycles. The van der Waals surface area contributed by atoms with Crippen LogP contribution in [0.4, 0.5) is 0 Å². The molecule has 2 N–H and O–H groups in total. The fraction of sp³-hybridized carbons (Fsp3) is 1.00. The van der Waals surface area contributed by atoms with Crippen molar-refractivity contribution in [3.05, 3.63) is 0 Å². The van der Waals surface area contributed by atoms with Crippen LogP contribution in [0.1, 0.15) is 39.5 Å². The third-order valence-corrected chi connectivity index (χ3v) is 3.30. The van der Waals surface area contributed by atoms with Crippen LogP contribution in [0, 0.1) is 0 Å². The lowest BCUT2D eigenvalue weighted by Gasteiger charge is -2.40. The molecular formula is C11H23NO2. The van der Waals surface area contributed by atoms with Crippen LogP contribution in [0.5, 0.6) is 0 Å². The number of hydrogen-bond acceptors (Lipinski definition) is 3. The van der Waals surface area contributed by atoms with Gasteiger partial charge in [0.2, 0.25) is 0 Å². The van der Waals surface area contributed by atoms with Crippen LogP contribution >= 0.6 is 0 Å². The summed E-state index contributed by atoms with van der Waals surface area (Å²) in [6.07, 6.45) is 4.00. The Balaban J connectivity index is 2.50. The molecule has 0 aromatic rings. The van der Waals surface area contributed by atoms with E-state index in [0.717, 1.165) is 12.8 Å². The summed E-state index contributed by atoms with van der Waals surface area (Å²) in [5.41, 5.74) is 0. The summed E-state index contributed by atoms with van der Waals surface area (Å²) >= 11 is 0. The van der Waals surface area contributed by atoms with Gasteiger partial charge in [0.1, 0.15) is 0 Å². The zero-order chi connectivity index (χ0) is 10.6. The van der Waals surface area contributed by atoms with E-state index in [4.69, 9.17) is 0 Å². The second-order valence-electron chi connectivity index (χ2n) is 4.38. The topological polar surface area (TPSA) is 43.7 Å². The van der Waals surface area contributed by atoms with Crippen molar-refractivity contribution in [1.82, 2.24) is 4.90 Å². The highest BCUT2D eigenvalue weighted by molar-refractivity contribution is 4.83. The molecule has 0 amide bonds. The first-order valence-electron chi connectivity index (χ1n) is 5.73. The highest BCUT2D eigenvalue weighted by Crippen LogP contribution is 2.22. The van der Waals surface area contributed by atoms with Crippen molar-refractivity contribution in [2.24, 2.45) is 0 Å². The molecule has 0 spiro atoms. The maximum absolute atomic E-state index is 9.62. The Kier molecular flexibility index (Phi) is 4.85. The van der Waals surface area contributed by atoms with Crippen LogP contribution in [-0.4, -0.2) is 46.5 Å². The predicted octanol–water partition coefficient (Wildman–Crippen LogP) is 0.993. The summed E-state index contributed by atoms with van der Waals surface area (Å²) in [4.78, 5) is 2.26. The quantitative estimate of drug-likeness (QED) is 0.713. The van der Waals surface area contributed by atoms with E-state index >= 15 is 0 Å². The fourth-order valence-electron chi connectivity index (χ4n) is 2.24. The van der Waals surface area contributed by atoms with Crippen LogP contribution in [0.25, 0.3) is 0 Å². The van der Waals surface area contributed by atoms with Crippen molar-refractivity contribution in [3.8, 4) is 0 Å². The van der Waals surface area contributed by atoms with Crippen LogP contribution < -0.4 is 0 Å². The summed E-state index contributed by atoms with van der Waals surface area (Å²) in [5, 5.41) is 18.9. The number of β-amino-alcohol motifs (C(OH)–C–C–N with tert-alkyl or cyclic N) is 1. The molecule has 1 aliphatic heterocycles. The third-order valence-electron chi connectivity index (χ3n) is 3.30. The Morgan fingerprint density at radius 2 is 2.14 bits per heavy atom. The van der Waals surface area contributed by atoms with Gasteiger partial charge in [-0.25, -0.2) is 0 Å². The third kappa shape index (κ3) is 2.94. The van der Waals surface area contributed by atoms with Crippen LogP contribution in [0.3, 0.4) is 0 Å². The predicted molar refractivity (Wildman–Crippen MR) is 57.2 cm³/mol. The second-order valence-corrected chi connectivity index (χ2v) is 4.38. The fourth-order valence-corrected chi connectivity index (χ4v) is 2.24. The summed E-state index contributed by atoms with van der Waals surface area (Å²) in [7, 11) is 0. The second kappa shape index (κ2) is 5.69. The number of piperidine rings is 1. The molecule has 0 aromatic carbocycles. The lowest BCUT2D eigenvalue weighted by molar-refractivity contribution is 0.0115. The van der Waals surface area contributed by atoms with Gasteiger partial charge < -0.3 is 10.2 Å². The molecule has 2 unspecified atom stereocenters. The molecule has 0 radical (unpaired) electrons. The minimum absolute atomic E-state index is 0.223. The zero-order valence-electron chi connectivity index (χ0n) is 9.32. The Morgan fingerprint density at radius 3 is 2.71 bits per heavy atom. The van der Waals surface area contributed by atoms with Crippen molar-refractivity contribution in [3.63, 3.8) is 0 Å². The maximum atomic E-state index is 9.62. The number of rotatable bonds is 4. The van der Waals surface area contributed by atoms with Gasteiger partial charge >= 0.3 is 0 Å². The highest BCUT2D eigenvalue weighted by Gasteiger charge is 2.28. The van der Waals surface area contributed by atoms with E-state index in [0.29, 0.717) is 12.6 Å². The van der Waals surface area contributed by atoms with Crippen LogP contribution in [0.15, 0.2) is 0 Å². The van der Waals surface area contributed by atoms with Gasteiger partial charge in [-0.05, 0) is 26.2 Å². The highest BCUT2D eigenvalue weighted by atomic mass is 16.3. The molecule has 1 rings (SSSR count). The van der Waals surface area contributed by atoms with E-state index < -0.39 is 0 Å². The molecule has 3 heteroatoms.